The molecule has 2 aromatic rings. The molecule has 0 unspecified atom stereocenters. The first-order valence-corrected chi connectivity index (χ1v) is 10.9. The largest absolute Gasteiger partial charge is 0.323 e. The number of nitrogens with one attached hydrogen (secondary N) is 2. The van der Waals surface area contributed by atoms with E-state index in [1.807, 2.05) is 18.2 Å². The summed E-state index contributed by atoms with van der Waals surface area (Å²) in [6.07, 6.45) is 0. The fourth-order valence-corrected chi connectivity index (χ4v) is 6.36. The van der Waals surface area contributed by atoms with E-state index in [1.54, 1.807) is 11.8 Å². The van der Waals surface area contributed by atoms with Crippen molar-refractivity contribution in [2.24, 2.45) is 4.99 Å². The van der Waals surface area contributed by atoms with Crippen molar-refractivity contribution < 1.29 is 8.42 Å². The standard InChI is InChI=1S/C14H13Cl2N3O2S3/c1-3-22-7-4-5-8(9(15)6-7)10-11-13(23-12(10)16)24(20,21)19-14(17-2)18-11/h4-6H,3H2,1-2H3,(H2,17,18,19). The molecule has 1 aliphatic heterocycles. The maximum atomic E-state index is 12.3. The Morgan fingerprint density at radius 2 is 2.08 bits per heavy atom. The van der Waals surface area contributed by atoms with Crippen LogP contribution in [0.2, 0.25) is 9.36 Å². The second-order valence-corrected chi connectivity index (χ2v) is 10.0. The number of benzene rings is 1. The number of hydrogen-bond acceptors (Lipinski definition) is 5. The minimum atomic E-state index is -3.70. The van der Waals surface area contributed by atoms with Crippen LogP contribution in [0.15, 0.2) is 32.3 Å². The van der Waals surface area contributed by atoms with E-state index in [0.717, 1.165) is 22.0 Å². The molecule has 1 aromatic carbocycles. The second kappa shape index (κ2) is 6.76. The number of fused-ring (bicyclic) bond motifs is 1. The molecule has 10 heteroatoms. The quantitative estimate of drug-likeness (QED) is 0.714. The fraction of sp³-hybridized carbons (Fsp3) is 0.214. The van der Waals surface area contributed by atoms with Crippen molar-refractivity contribution in [1.29, 1.82) is 0 Å². The topological polar surface area (TPSA) is 70.6 Å². The molecule has 128 valence electrons. The summed E-state index contributed by atoms with van der Waals surface area (Å²) in [7, 11) is -2.21. The smallest absolute Gasteiger partial charge is 0.275 e. The summed E-state index contributed by atoms with van der Waals surface area (Å²) in [4.78, 5) is 4.93. The van der Waals surface area contributed by atoms with Gasteiger partial charge in [0.1, 0.15) is 4.34 Å². The average molecular weight is 422 g/mol. The number of nitrogens with zero attached hydrogens (tertiary/aromatic N) is 1. The van der Waals surface area contributed by atoms with Gasteiger partial charge in [-0.2, -0.15) is 0 Å². The highest BCUT2D eigenvalue weighted by molar-refractivity contribution is 7.99. The summed E-state index contributed by atoms with van der Waals surface area (Å²) in [5.41, 5.74) is 1.66. The van der Waals surface area contributed by atoms with Crippen LogP contribution in [0.1, 0.15) is 6.92 Å². The molecule has 0 radical (unpaired) electrons. The van der Waals surface area contributed by atoms with Crippen molar-refractivity contribution in [3.63, 3.8) is 0 Å². The Bertz CT molecular complexity index is 939. The first-order valence-electron chi connectivity index (χ1n) is 6.89. The van der Waals surface area contributed by atoms with Crippen molar-refractivity contribution in [1.82, 2.24) is 4.72 Å². The third-order valence-corrected chi connectivity index (χ3v) is 7.74. The lowest BCUT2D eigenvalue weighted by Crippen LogP contribution is -2.39. The Kier molecular flexibility index (Phi) is 5.04. The molecule has 0 saturated heterocycles. The highest BCUT2D eigenvalue weighted by Crippen LogP contribution is 2.49. The SMILES string of the molecule is CCSc1ccc(-c2c(Cl)sc3c2NC(=NC)NS3(=O)=O)c(Cl)c1. The Morgan fingerprint density at radius 1 is 1.33 bits per heavy atom. The lowest BCUT2D eigenvalue weighted by molar-refractivity contribution is 0.594. The van der Waals surface area contributed by atoms with Crippen LogP contribution >= 0.6 is 46.3 Å². The van der Waals surface area contributed by atoms with Gasteiger partial charge in [-0.15, -0.1) is 23.1 Å². The molecule has 0 bridgehead atoms. The highest BCUT2D eigenvalue weighted by atomic mass is 35.5. The first-order chi connectivity index (χ1) is 11.4. The fourth-order valence-electron chi connectivity index (χ4n) is 2.30. The Morgan fingerprint density at radius 3 is 2.71 bits per heavy atom. The minimum absolute atomic E-state index is 0.123. The molecule has 0 amide bonds. The van der Waals surface area contributed by atoms with Gasteiger partial charge < -0.3 is 5.32 Å². The van der Waals surface area contributed by atoms with Gasteiger partial charge in [0, 0.05) is 28.1 Å². The lowest BCUT2D eigenvalue weighted by Gasteiger charge is -2.19. The number of thioether (sulfide) groups is 1. The van der Waals surface area contributed by atoms with Crippen LogP contribution in [0.5, 0.6) is 0 Å². The second-order valence-electron chi connectivity index (χ2n) is 4.79. The van der Waals surface area contributed by atoms with E-state index in [4.69, 9.17) is 23.2 Å². The number of anilines is 1. The normalized spacial score (nSPS) is 17.2. The van der Waals surface area contributed by atoms with Crippen LogP contribution in [-0.4, -0.2) is 27.2 Å². The molecule has 1 aliphatic rings. The van der Waals surface area contributed by atoms with E-state index in [9.17, 15) is 8.42 Å². The Balaban J connectivity index is 2.19. The van der Waals surface area contributed by atoms with Crippen LogP contribution in [0.4, 0.5) is 5.69 Å². The van der Waals surface area contributed by atoms with Gasteiger partial charge in [0.25, 0.3) is 10.0 Å². The highest BCUT2D eigenvalue weighted by Gasteiger charge is 2.33. The van der Waals surface area contributed by atoms with Crippen molar-refractivity contribution in [3.05, 3.63) is 27.6 Å². The number of aliphatic imine (C=N–C) groups is 1. The molecular formula is C14H13Cl2N3O2S3. The Hall–Kier alpha value is -0.930. The zero-order valence-electron chi connectivity index (χ0n) is 12.7. The van der Waals surface area contributed by atoms with Gasteiger partial charge in [0.05, 0.1) is 5.69 Å². The molecule has 5 nitrogen and oxygen atoms in total. The summed E-state index contributed by atoms with van der Waals surface area (Å²) >= 11 is 15.4. The predicted octanol–water partition coefficient (Wildman–Crippen LogP) is 4.52. The van der Waals surface area contributed by atoms with Crippen molar-refractivity contribution in [3.8, 4) is 11.1 Å². The monoisotopic (exact) mass is 421 g/mol. The van der Waals surface area contributed by atoms with Crippen LogP contribution in [-0.2, 0) is 10.0 Å². The molecular weight excluding hydrogens is 409 g/mol. The summed E-state index contributed by atoms with van der Waals surface area (Å²) in [6, 6.07) is 5.66. The third-order valence-electron chi connectivity index (χ3n) is 3.30. The van der Waals surface area contributed by atoms with Gasteiger partial charge in [0.15, 0.2) is 4.21 Å². The van der Waals surface area contributed by atoms with Gasteiger partial charge in [-0.25, -0.2) is 13.1 Å². The molecule has 0 spiro atoms. The van der Waals surface area contributed by atoms with E-state index >= 15 is 0 Å². The molecule has 0 atom stereocenters. The van der Waals surface area contributed by atoms with E-state index < -0.39 is 10.0 Å². The molecule has 3 rings (SSSR count). The first kappa shape index (κ1) is 17.9. The van der Waals surface area contributed by atoms with Gasteiger partial charge in [0.2, 0.25) is 5.96 Å². The maximum Gasteiger partial charge on any atom is 0.275 e. The number of sulfonamides is 1. The average Bonchev–Trinajstić information content (AvgIpc) is 2.85. The van der Waals surface area contributed by atoms with Crippen molar-refractivity contribution >= 4 is 68.0 Å². The molecule has 24 heavy (non-hydrogen) atoms. The third kappa shape index (κ3) is 3.13. The molecule has 0 saturated carbocycles. The van der Waals surface area contributed by atoms with Crippen LogP contribution in [0.3, 0.4) is 0 Å². The van der Waals surface area contributed by atoms with Crippen LogP contribution in [0, 0.1) is 0 Å². The lowest BCUT2D eigenvalue weighted by atomic mass is 10.1. The van der Waals surface area contributed by atoms with E-state index in [2.05, 4.69) is 22.0 Å². The minimum Gasteiger partial charge on any atom is -0.323 e. The molecule has 2 heterocycles. The van der Waals surface area contributed by atoms with Crippen LogP contribution < -0.4 is 10.0 Å². The van der Waals surface area contributed by atoms with Gasteiger partial charge >= 0.3 is 0 Å². The number of guanidine groups is 1. The van der Waals surface area contributed by atoms with Crippen LogP contribution in [0.25, 0.3) is 11.1 Å². The Labute approximate surface area is 158 Å². The van der Waals surface area contributed by atoms with E-state index in [0.29, 0.717) is 26.2 Å². The molecule has 2 N–H and O–H groups in total. The van der Waals surface area contributed by atoms with E-state index in [-0.39, 0.29) is 10.2 Å². The number of halogens is 2. The zero-order chi connectivity index (χ0) is 17.5. The van der Waals surface area contributed by atoms with Gasteiger partial charge in [-0.3, -0.25) is 4.99 Å². The number of rotatable bonds is 3. The molecule has 0 fully saturated rings. The summed E-state index contributed by atoms with van der Waals surface area (Å²) in [6.45, 7) is 2.06. The van der Waals surface area contributed by atoms with Crippen molar-refractivity contribution in [2.75, 3.05) is 18.1 Å². The number of hydrogen-bond donors (Lipinski definition) is 2. The van der Waals surface area contributed by atoms with E-state index in [1.165, 1.54) is 7.05 Å². The molecule has 0 aliphatic carbocycles. The molecule has 1 aromatic heterocycles. The number of thiophene rings is 1. The van der Waals surface area contributed by atoms with Crippen molar-refractivity contribution in [2.45, 2.75) is 16.0 Å². The zero-order valence-corrected chi connectivity index (χ0v) is 16.6. The predicted molar refractivity (Wildman–Crippen MR) is 103 cm³/mol. The van der Waals surface area contributed by atoms with Gasteiger partial charge in [-0.05, 0) is 17.9 Å². The summed E-state index contributed by atoms with van der Waals surface area (Å²) in [5.74, 6) is 1.08. The maximum absolute atomic E-state index is 12.3. The summed E-state index contributed by atoms with van der Waals surface area (Å²) in [5, 5.41) is 3.50. The van der Waals surface area contributed by atoms with Gasteiger partial charge in [-0.1, -0.05) is 36.2 Å². The summed E-state index contributed by atoms with van der Waals surface area (Å²) < 4.78 is 27.5.